The van der Waals surface area contributed by atoms with Crippen molar-refractivity contribution < 1.29 is 17.6 Å². The van der Waals surface area contributed by atoms with Crippen molar-refractivity contribution in [3.05, 3.63) is 66.1 Å². The number of hydrogen-bond donors (Lipinski definition) is 2. The maximum atomic E-state index is 14.1. The highest BCUT2D eigenvalue weighted by Crippen LogP contribution is 2.24. The predicted molar refractivity (Wildman–Crippen MR) is 122 cm³/mol. The van der Waals surface area contributed by atoms with Gasteiger partial charge in [-0.25, -0.2) is 12.8 Å². The second-order valence-electron chi connectivity index (χ2n) is 8.51. The zero-order chi connectivity index (χ0) is 22.7. The summed E-state index contributed by atoms with van der Waals surface area (Å²) >= 11 is 0. The molecule has 3 aromatic rings. The fourth-order valence-electron chi connectivity index (χ4n) is 4.22. The molecule has 1 atom stereocenters. The number of sulfonamides is 1. The molecule has 170 valence electrons. The molecule has 0 radical (unpaired) electrons. The molecule has 6 nitrogen and oxygen atoms in total. The Labute approximate surface area is 187 Å². The van der Waals surface area contributed by atoms with Gasteiger partial charge in [-0.3, -0.25) is 4.79 Å². The number of rotatable bonds is 7. The van der Waals surface area contributed by atoms with Crippen molar-refractivity contribution in [1.82, 2.24) is 14.6 Å². The van der Waals surface area contributed by atoms with Gasteiger partial charge in [0.25, 0.3) is 0 Å². The molecule has 1 aliphatic heterocycles. The first-order valence-electron chi connectivity index (χ1n) is 11.0. The van der Waals surface area contributed by atoms with Crippen LogP contribution in [0.25, 0.3) is 10.9 Å². The third kappa shape index (κ3) is 4.86. The molecule has 1 amide bonds. The van der Waals surface area contributed by atoms with Crippen LogP contribution in [0.2, 0.25) is 0 Å². The number of nitrogens with zero attached hydrogens (tertiary/aromatic N) is 1. The molecule has 1 saturated heterocycles. The largest absolute Gasteiger partial charge is 0.361 e. The molecule has 0 bridgehead atoms. The molecule has 2 N–H and O–H groups in total. The van der Waals surface area contributed by atoms with Crippen molar-refractivity contribution in [1.29, 1.82) is 0 Å². The van der Waals surface area contributed by atoms with Crippen LogP contribution in [0, 0.1) is 11.7 Å². The Morgan fingerprint density at radius 2 is 1.91 bits per heavy atom. The van der Waals surface area contributed by atoms with E-state index in [1.54, 1.807) is 47.5 Å². The van der Waals surface area contributed by atoms with E-state index in [9.17, 15) is 17.6 Å². The first kappa shape index (κ1) is 22.5. The SMILES string of the molecule is CC1CCN(C(=O)C(CCc2ccccc2F)NS(=O)(=O)c2cccc3[nH]ccc23)CC1. The zero-order valence-electron chi connectivity index (χ0n) is 18.1. The summed E-state index contributed by atoms with van der Waals surface area (Å²) in [5.41, 5.74) is 1.16. The molecular formula is C24H28FN3O3S. The van der Waals surface area contributed by atoms with E-state index >= 15 is 0 Å². The molecule has 1 fully saturated rings. The lowest BCUT2D eigenvalue weighted by Gasteiger charge is -2.33. The van der Waals surface area contributed by atoms with Gasteiger partial charge < -0.3 is 9.88 Å². The van der Waals surface area contributed by atoms with Crippen LogP contribution in [0.3, 0.4) is 0 Å². The third-order valence-electron chi connectivity index (χ3n) is 6.20. The molecule has 32 heavy (non-hydrogen) atoms. The second-order valence-corrected chi connectivity index (χ2v) is 10.2. The fourth-order valence-corrected chi connectivity index (χ4v) is 5.67. The first-order chi connectivity index (χ1) is 15.3. The van der Waals surface area contributed by atoms with E-state index < -0.39 is 16.1 Å². The normalized spacial score (nSPS) is 16.4. The topological polar surface area (TPSA) is 82.3 Å². The van der Waals surface area contributed by atoms with E-state index in [1.807, 2.05) is 0 Å². The standard InChI is InChI=1S/C24H28FN3O3S/c1-17-12-15-28(16-13-17)24(29)22(10-9-18-5-2-3-6-20(18)25)27-32(30,31)23-8-4-7-21-19(23)11-14-26-21/h2-8,11,14,17,22,26-27H,9-10,12-13,15-16H2,1H3. The van der Waals surface area contributed by atoms with Crippen LogP contribution in [0.1, 0.15) is 31.7 Å². The highest BCUT2D eigenvalue weighted by molar-refractivity contribution is 7.89. The average molecular weight is 458 g/mol. The fraction of sp³-hybridized carbons (Fsp3) is 0.375. The number of H-pyrrole nitrogens is 1. The molecule has 8 heteroatoms. The summed E-state index contributed by atoms with van der Waals surface area (Å²) in [5.74, 6) is -0.0673. The molecule has 1 aromatic heterocycles. The van der Waals surface area contributed by atoms with Crippen molar-refractivity contribution in [3.63, 3.8) is 0 Å². The van der Waals surface area contributed by atoms with E-state index in [0.717, 1.165) is 12.8 Å². The lowest BCUT2D eigenvalue weighted by atomic mass is 9.98. The number of carbonyl (C=O) groups is 1. The van der Waals surface area contributed by atoms with E-state index in [4.69, 9.17) is 0 Å². The summed E-state index contributed by atoms with van der Waals surface area (Å²) in [6.45, 7) is 3.36. The van der Waals surface area contributed by atoms with Crippen molar-refractivity contribution in [3.8, 4) is 0 Å². The number of hydrogen-bond acceptors (Lipinski definition) is 3. The number of amides is 1. The van der Waals surface area contributed by atoms with Gasteiger partial charge in [0.15, 0.2) is 0 Å². The Bertz CT molecular complexity index is 1200. The van der Waals surface area contributed by atoms with Crippen LogP contribution >= 0.6 is 0 Å². The number of aryl methyl sites for hydroxylation is 1. The van der Waals surface area contributed by atoms with Gasteiger partial charge in [-0.05, 0) is 61.4 Å². The molecule has 0 aliphatic carbocycles. The van der Waals surface area contributed by atoms with Gasteiger partial charge in [0.05, 0.1) is 4.90 Å². The molecule has 1 unspecified atom stereocenters. The van der Waals surface area contributed by atoms with E-state index in [0.29, 0.717) is 35.5 Å². The molecule has 2 aromatic carbocycles. The van der Waals surface area contributed by atoms with Crippen molar-refractivity contribution >= 4 is 26.8 Å². The van der Waals surface area contributed by atoms with Crippen molar-refractivity contribution in [2.45, 2.75) is 43.5 Å². The number of halogens is 1. The van der Waals surface area contributed by atoms with E-state index in [1.165, 1.54) is 12.1 Å². The lowest BCUT2D eigenvalue weighted by molar-refractivity contribution is -0.134. The molecule has 0 spiro atoms. The highest BCUT2D eigenvalue weighted by Gasteiger charge is 2.31. The van der Waals surface area contributed by atoms with Gasteiger partial charge in [-0.15, -0.1) is 0 Å². The van der Waals surface area contributed by atoms with E-state index in [2.05, 4.69) is 16.6 Å². The third-order valence-corrected chi connectivity index (χ3v) is 7.73. The Hall–Kier alpha value is -2.71. The van der Waals surface area contributed by atoms with Gasteiger partial charge in [-0.2, -0.15) is 4.72 Å². The number of benzene rings is 2. The lowest BCUT2D eigenvalue weighted by Crippen LogP contribution is -2.50. The monoisotopic (exact) mass is 457 g/mol. The smallest absolute Gasteiger partial charge is 0.241 e. The highest BCUT2D eigenvalue weighted by atomic mass is 32.2. The minimum Gasteiger partial charge on any atom is -0.361 e. The number of fused-ring (bicyclic) bond motifs is 1. The van der Waals surface area contributed by atoms with Crippen LogP contribution in [0.15, 0.2) is 59.6 Å². The summed E-state index contributed by atoms with van der Waals surface area (Å²) in [6.07, 6.45) is 3.89. The molecular weight excluding hydrogens is 429 g/mol. The predicted octanol–water partition coefficient (Wildman–Crippen LogP) is 3.85. The molecule has 2 heterocycles. The van der Waals surface area contributed by atoms with Crippen LogP contribution in [0.4, 0.5) is 4.39 Å². The first-order valence-corrected chi connectivity index (χ1v) is 12.4. The number of likely N-dealkylation sites (tertiary alicyclic amines) is 1. The van der Waals surface area contributed by atoms with Gasteiger partial charge in [0.1, 0.15) is 11.9 Å². The molecule has 4 rings (SSSR count). The number of aromatic amines is 1. The second kappa shape index (κ2) is 9.42. The van der Waals surface area contributed by atoms with Crippen LogP contribution in [-0.4, -0.2) is 43.3 Å². The average Bonchev–Trinajstić information content (AvgIpc) is 3.26. The Kier molecular flexibility index (Phi) is 6.62. The van der Waals surface area contributed by atoms with Crippen LogP contribution in [0.5, 0.6) is 0 Å². The summed E-state index contributed by atoms with van der Waals surface area (Å²) < 4.78 is 43.4. The van der Waals surface area contributed by atoms with Crippen LogP contribution in [-0.2, 0) is 21.2 Å². The van der Waals surface area contributed by atoms with Crippen molar-refractivity contribution in [2.24, 2.45) is 5.92 Å². The summed E-state index contributed by atoms with van der Waals surface area (Å²) in [7, 11) is -3.98. The van der Waals surface area contributed by atoms with Gasteiger partial charge in [0.2, 0.25) is 15.9 Å². The van der Waals surface area contributed by atoms with E-state index in [-0.39, 0.29) is 29.5 Å². The number of aromatic nitrogens is 1. The maximum Gasteiger partial charge on any atom is 0.241 e. The summed E-state index contributed by atoms with van der Waals surface area (Å²) in [4.78, 5) is 18.2. The summed E-state index contributed by atoms with van der Waals surface area (Å²) in [5, 5.41) is 0.562. The number of carbonyl (C=O) groups excluding carboxylic acids is 1. The Morgan fingerprint density at radius 3 is 2.66 bits per heavy atom. The number of nitrogens with one attached hydrogen (secondary N) is 2. The summed E-state index contributed by atoms with van der Waals surface area (Å²) in [6, 6.07) is 12.1. The van der Waals surface area contributed by atoms with Gasteiger partial charge in [-0.1, -0.05) is 31.2 Å². The molecule has 0 saturated carbocycles. The minimum absolute atomic E-state index is 0.118. The van der Waals surface area contributed by atoms with Gasteiger partial charge in [0, 0.05) is 30.2 Å². The van der Waals surface area contributed by atoms with Gasteiger partial charge >= 0.3 is 0 Å². The Balaban J connectivity index is 1.59. The minimum atomic E-state index is -3.98. The molecule has 1 aliphatic rings. The quantitative estimate of drug-likeness (QED) is 0.566. The van der Waals surface area contributed by atoms with Crippen LogP contribution < -0.4 is 4.72 Å². The number of piperidine rings is 1. The maximum absolute atomic E-state index is 14.1. The van der Waals surface area contributed by atoms with Crippen molar-refractivity contribution in [2.75, 3.05) is 13.1 Å². The zero-order valence-corrected chi connectivity index (χ0v) is 18.9. The Morgan fingerprint density at radius 1 is 1.16 bits per heavy atom.